The van der Waals surface area contributed by atoms with Crippen molar-refractivity contribution >= 4 is 5.91 Å². The van der Waals surface area contributed by atoms with Crippen molar-refractivity contribution in [1.29, 1.82) is 0 Å². The van der Waals surface area contributed by atoms with Crippen LogP contribution < -0.4 is 5.01 Å². The van der Waals surface area contributed by atoms with Crippen LogP contribution >= 0.6 is 0 Å². The van der Waals surface area contributed by atoms with Gasteiger partial charge in [-0.1, -0.05) is 13.8 Å². The molecule has 0 radical (unpaired) electrons. The van der Waals surface area contributed by atoms with E-state index in [1.165, 1.54) is 12.8 Å². The quantitative estimate of drug-likeness (QED) is 0.853. The average Bonchev–Trinajstić information content (AvgIpc) is 3.26. The van der Waals surface area contributed by atoms with Gasteiger partial charge in [0.05, 0.1) is 11.9 Å². The van der Waals surface area contributed by atoms with Gasteiger partial charge in [0, 0.05) is 30.4 Å². The SMILES string of the molecule is Cc1nc(-c2cccnc2)cn1N(CC1CC1)C(=O)C(C)C. The van der Waals surface area contributed by atoms with Crippen LogP contribution in [0.2, 0.25) is 0 Å². The molecule has 0 saturated heterocycles. The smallest absolute Gasteiger partial charge is 0.243 e. The molecule has 0 atom stereocenters. The molecule has 5 nitrogen and oxygen atoms in total. The first-order valence-corrected chi connectivity index (χ1v) is 7.84. The Morgan fingerprint density at radius 2 is 2.23 bits per heavy atom. The summed E-state index contributed by atoms with van der Waals surface area (Å²) in [6.45, 7) is 6.60. The van der Waals surface area contributed by atoms with Crippen molar-refractivity contribution in [3.8, 4) is 11.3 Å². The van der Waals surface area contributed by atoms with Gasteiger partial charge in [-0.3, -0.25) is 9.78 Å². The summed E-state index contributed by atoms with van der Waals surface area (Å²) >= 11 is 0. The van der Waals surface area contributed by atoms with Crippen LogP contribution in [0.3, 0.4) is 0 Å². The molecule has 5 heteroatoms. The molecule has 0 aliphatic heterocycles. The second-order valence-electron chi connectivity index (χ2n) is 6.28. The van der Waals surface area contributed by atoms with E-state index >= 15 is 0 Å². The zero-order valence-electron chi connectivity index (χ0n) is 13.4. The Kier molecular flexibility index (Phi) is 3.96. The molecule has 3 rings (SSSR count). The lowest BCUT2D eigenvalue weighted by molar-refractivity contribution is -0.123. The van der Waals surface area contributed by atoms with Crippen molar-refractivity contribution in [2.45, 2.75) is 33.6 Å². The first-order valence-electron chi connectivity index (χ1n) is 7.84. The molecule has 2 heterocycles. The molecule has 2 aromatic heterocycles. The predicted octanol–water partition coefficient (Wildman–Crippen LogP) is 2.78. The van der Waals surface area contributed by atoms with E-state index in [0.29, 0.717) is 5.92 Å². The van der Waals surface area contributed by atoms with Crippen LogP contribution in [-0.2, 0) is 4.79 Å². The molecule has 2 aromatic rings. The lowest BCUT2D eigenvalue weighted by atomic mass is 10.2. The highest BCUT2D eigenvalue weighted by atomic mass is 16.2. The summed E-state index contributed by atoms with van der Waals surface area (Å²) < 4.78 is 1.91. The minimum Gasteiger partial charge on any atom is -0.273 e. The number of hydrogen-bond donors (Lipinski definition) is 0. The van der Waals surface area contributed by atoms with Crippen LogP contribution in [0, 0.1) is 18.8 Å². The minimum atomic E-state index is -0.0256. The number of aryl methyl sites for hydroxylation is 1. The van der Waals surface area contributed by atoms with Gasteiger partial charge < -0.3 is 0 Å². The van der Waals surface area contributed by atoms with E-state index in [2.05, 4.69) is 9.97 Å². The van der Waals surface area contributed by atoms with Gasteiger partial charge in [-0.25, -0.2) is 14.7 Å². The summed E-state index contributed by atoms with van der Waals surface area (Å²) in [6, 6.07) is 3.87. The lowest BCUT2D eigenvalue weighted by Crippen LogP contribution is -2.44. The third-order valence-corrected chi connectivity index (χ3v) is 3.95. The van der Waals surface area contributed by atoms with E-state index in [-0.39, 0.29) is 11.8 Å². The number of carbonyl (C=O) groups excluding carboxylic acids is 1. The molecular formula is C17H22N4O. The van der Waals surface area contributed by atoms with E-state index in [9.17, 15) is 4.79 Å². The average molecular weight is 298 g/mol. The Morgan fingerprint density at radius 3 is 2.82 bits per heavy atom. The molecule has 0 N–H and O–H groups in total. The van der Waals surface area contributed by atoms with Gasteiger partial charge in [0.2, 0.25) is 5.91 Å². The van der Waals surface area contributed by atoms with E-state index in [1.54, 1.807) is 12.4 Å². The molecule has 0 aromatic carbocycles. The van der Waals surface area contributed by atoms with E-state index in [1.807, 2.05) is 48.8 Å². The molecule has 0 spiro atoms. The second-order valence-corrected chi connectivity index (χ2v) is 6.28. The van der Waals surface area contributed by atoms with E-state index in [4.69, 9.17) is 0 Å². The standard InChI is InChI=1S/C17H22N4O/c1-12(2)17(22)21(10-14-6-7-14)20-11-16(19-13(20)3)15-5-4-8-18-9-15/h4-5,8-9,11-12,14H,6-7,10H2,1-3H3. The highest BCUT2D eigenvalue weighted by molar-refractivity contribution is 5.87. The number of nitrogens with zero attached hydrogens (tertiary/aromatic N) is 4. The van der Waals surface area contributed by atoms with Crippen molar-refractivity contribution in [1.82, 2.24) is 14.6 Å². The number of imidazole rings is 1. The highest BCUT2D eigenvalue weighted by Gasteiger charge is 2.29. The molecule has 1 aliphatic rings. The largest absolute Gasteiger partial charge is 0.273 e. The molecule has 0 unspecified atom stereocenters. The molecule has 1 saturated carbocycles. The number of rotatable bonds is 5. The van der Waals surface area contributed by atoms with Gasteiger partial charge in [-0.2, -0.15) is 0 Å². The van der Waals surface area contributed by atoms with Crippen LogP contribution in [0.15, 0.2) is 30.7 Å². The summed E-state index contributed by atoms with van der Waals surface area (Å²) in [5.74, 6) is 1.58. The molecular weight excluding hydrogens is 276 g/mol. The summed E-state index contributed by atoms with van der Waals surface area (Å²) in [5.41, 5.74) is 1.82. The van der Waals surface area contributed by atoms with Gasteiger partial charge in [0.15, 0.2) is 0 Å². The zero-order valence-corrected chi connectivity index (χ0v) is 13.4. The maximum absolute atomic E-state index is 12.6. The van der Waals surface area contributed by atoms with Crippen LogP contribution in [0.5, 0.6) is 0 Å². The van der Waals surface area contributed by atoms with E-state index in [0.717, 1.165) is 23.6 Å². The van der Waals surface area contributed by atoms with Gasteiger partial charge >= 0.3 is 0 Å². The number of amides is 1. The molecule has 1 fully saturated rings. The third-order valence-electron chi connectivity index (χ3n) is 3.95. The van der Waals surface area contributed by atoms with Gasteiger partial charge in [-0.05, 0) is 37.8 Å². The van der Waals surface area contributed by atoms with Crippen molar-refractivity contribution in [3.63, 3.8) is 0 Å². The Bertz CT molecular complexity index is 659. The molecule has 1 amide bonds. The first kappa shape index (κ1) is 14.8. The Balaban J connectivity index is 1.93. The van der Waals surface area contributed by atoms with Gasteiger partial charge in [0.25, 0.3) is 0 Å². The molecule has 22 heavy (non-hydrogen) atoms. The van der Waals surface area contributed by atoms with Crippen LogP contribution in [0.25, 0.3) is 11.3 Å². The number of hydrogen-bond acceptors (Lipinski definition) is 3. The first-order chi connectivity index (χ1) is 10.6. The summed E-state index contributed by atoms with van der Waals surface area (Å²) in [7, 11) is 0. The third kappa shape index (κ3) is 3.03. The van der Waals surface area contributed by atoms with Crippen LogP contribution in [0.4, 0.5) is 0 Å². The Morgan fingerprint density at radius 1 is 1.45 bits per heavy atom. The fourth-order valence-corrected chi connectivity index (χ4v) is 2.49. The van der Waals surface area contributed by atoms with Crippen LogP contribution in [-0.4, -0.2) is 27.1 Å². The number of carbonyl (C=O) groups is 1. The summed E-state index contributed by atoms with van der Waals surface area (Å²) in [5, 5.41) is 1.85. The fourth-order valence-electron chi connectivity index (χ4n) is 2.49. The Hall–Kier alpha value is -2.17. The monoisotopic (exact) mass is 298 g/mol. The van der Waals surface area contributed by atoms with Crippen LogP contribution in [0.1, 0.15) is 32.5 Å². The van der Waals surface area contributed by atoms with Crippen molar-refractivity contribution in [2.24, 2.45) is 11.8 Å². The summed E-state index contributed by atoms with van der Waals surface area (Å²) in [6.07, 6.45) is 7.90. The maximum atomic E-state index is 12.6. The molecule has 116 valence electrons. The molecule has 1 aliphatic carbocycles. The fraction of sp³-hybridized carbons (Fsp3) is 0.471. The predicted molar refractivity (Wildman–Crippen MR) is 85.8 cm³/mol. The Labute approximate surface area is 131 Å². The second kappa shape index (κ2) is 5.91. The minimum absolute atomic E-state index is 0.0256. The number of aromatic nitrogens is 3. The zero-order chi connectivity index (χ0) is 15.7. The lowest BCUT2D eigenvalue weighted by Gasteiger charge is -2.26. The maximum Gasteiger partial charge on any atom is 0.243 e. The normalized spacial score (nSPS) is 14.4. The molecule has 0 bridgehead atoms. The van der Waals surface area contributed by atoms with Gasteiger partial charge in [0.1, 0.15) is 5.82 Å². The van der Waals surface area contributed by atoms with Crippen molar-refractivity contribution < 1.29 is 4.79 Å². The van der Waals surface area contributed by atoms with Crippen molar-refractivity contribution in [3.05, 3.63) is 36.5 Å². The number of pyridine rings is 1. The highest BCUT2D eigenvalue weighted by Crippen LogP contribution is 2.30. The van der Waals surface area contributed by atoms with E-state index < -0.39 is 0 Å². The van der Waals surface area contributed by atoms with Crippen molar-refractivity contribution in [2.75, 3.05) is 11.6 Å². The summed E-state index contributed by atoms with van der Waals surface area (Å²) in [4.78, 5) is 21.3. The van der Waals surface area contributed by atoms with Gasteiger partial charge in [-0.15, -0.1) is 0 Å². The topological polar surface area (TPSA) is 51.0 Å².